The number of rotatable bonds is 4. The van der Waals surface area contributed by atoms with E-state index in [2.05, 4.69) is 37.9 Å². The zero-order valence-corrected chi connectivity index (χ0v) is 12.4. The molecule has 1 saturated heterocycles. The molecule has 3 heteroatoms. The summed E-state index contributed by atoms with van der Waals surface area (Å²) in [6, 6.07) is 5.85. The van der Waals surface area contributed by atoms with E-state index < -0.39 is 0 Å². The molecule has 1 N–H and O–H groups in total. The number of nitrogens with zero attached hydrogens (tertiary/aromatic N) is 1. The normalized spacial score (nSPS) is 24.8. The van der Waals surface area contributed by atoms with Crippen LogP contribution in [0.3, 0.4) is 0 Å². The SMILES string of the molecule is CCNC(C)c1ccc(N2CC(C)C(C)C2)c(F)c1. The molecule has 1 aromatic rings. The van der Waals surface area contributed by atoms with Crippen LogP contribution in [0.25, 0.3) is 0 Å². The van der Waals surface area contributed by atoms with Gasteiger partial charge in [-0.3, -0.25) is 0 Å². The van der Waals surface area contributed by atoms with Gasteiger partial charge in [0.1, 0.15) is 5.82 Å². The Bertz CT molecular complexity index is 423. The zero-order valence-electron chi connectivity index (χ0n) is 12.4. The van der Waals surface area contributed by atoms with Crippen molar-refractivity contribution in [2.45, 2.75) is 33.7 Å². The first-order valence-electron chi connectivity index (χ1n) is 7.30. The number of hydrogen-bond donors (Lipinski definition) is 1. The maximum absolute atomic E-state index is 14.3. The van der Waals surface area contributed by atoms with Crippen LogP contribution in [-0.4, -0.2) is 19.6 Å². The molecule has 3 atom stereocenters. The van der Waals surface area contributed by atoms with Crippen LogP contribution in [0, 0.1) is 17.7 Å². The van der Waals surface area contributed by atoms with Gasteiger partial charge in [0.25, 0.3) is 0 Å². The van der Waals surface area contributed by atoms with Crippen LogP contribution in [0.15, 0.2) is 18.2 Å². The predicted octanol–water partition coefficient (Wildman–Crippen LogP) is 3.59. The second kappa shape index (κ2) is 5.91. The fourth-order valence-corrected chi connectivity index (χ4v) is 2.80. The number of hydrogen-bond acceptors (Lipinski definition) is 2. The molecule has 1 aliphatic rings. The van der Waals surface area contributed by atoms with Gasteiger partial charge in [-0.1, -0.05) is 26.8 Å². The molecule has 0 aromatic heterocycles. The summed E-state index contributed by atoms with van der Waals surface area (Å²) in [6.07, 6.45) is 0. The molecule has 0 aliphatic carbocycles. The van der Waals surface area contributed by atoms with Crippen molar-refractivity contribution < 1.29 is 4.39 Å². The van der Waals surface area contributed by atoms with Crippen molar-refractivity contribution in [3.63, 3.8) is 0 Å². The van der Waals surface area contributed by atoms with E-state index >= 15 is 0 Å². The molecule has 1 aliphatic heterocycles. The van der Waals surface area contributed by atoms with Gasteiger partial charge in [0.05, 0.1) is 5.69 Å². The Hall–Kier alpha value is -1.09. The van der Waals surface area contributed by atoms with Crippen molar-refractivity contribution in [1.29, 1.82) is 0 Å². The fraction of sp³-hybridized carbons (Fsp3) is 0.625. The predicted molar refractivity (Wildman–Crippen MR) is 79.0 cm³/mol. The highest BCUT2D eigenvalue weighted by Gasteiger charge is 2.27. The standard InChI is InChI=1S/C16H25FN2/c1-5-18-13(4)14-6-7-16(15(17)8-14)19-9-11(2)12(3)10-19/h6-8,11-13,18H,5,9-10H2,1-4H3. The van der Waals surface area contributed by atoms with Gasteiger partial charge in [0, 0.05) is 19.1 Å². The highest BCUT2D eigenvalue weighted by molar-refractivity contribution is 5.50. The maximum atomic E-state index is 14.3. The second-order valence-electron chi connectivity index (χ2n) is 5.85. The molecule has 2 nitrogen and oxygen atoms in total. The summed E-state index contributed by atoms with van der Waals surface area (Å²) in [7, 11) is 0. The van der Waals surface area contributed by atoms with Gasteiger partial charge in [-0.25, -0.2) is 4.39 Å². The first-order chi connectivity index (χ1) is 9.02. The summed E-state index contributed by atoms with van der Waals surface area (Å²) in [5, 5.41) is 3.31. The Labute approximate surface area is 116 Å². The van der Waals surface area contributed by atoms with E-state index in [4.69, 9.17) is 0 Å². The van der Waals surface area contributed by atoms with Gasteiger partial charge in [0.15, 0.2) is 0 Å². The third-order valence-electron chi connectivity index (χ3n) is 4.31. The van der Waals surface area contributed by atoms with Gasteiger partial charge < -0.3 is 10.2 Å². The summed E-state index contributed by atoms with van der Waals surface area (Å²) in [6.45, 7) is 11.4. The Morgan fingerprint density at radius 3 is 2.47 bits per heavy atom. The first-order valence-corrected chi connectivity index (χ1v) is 7.30. The number of benzene rings is 1. The molecule has 19 heavy (non-hydrogen) atoms. The second-order valence-corrected chi connectivity index (χ2v) is 5.85. The molecule has 0 bridgehead atoms. The molecule has 106 valence electrons. The topological polar surface area (TPSA) is 15.3 Å². The summed E-state index contributed by atoms with van der Waals surface area (Å²) < 4.78 is 14.3. The summed E-state index contributed by atoms with van der Waals surface area (Å²) in [5.41, 5.74) is 1.77. The van der Waals surface area contributed by atoms with Crippen LogP contribution in [0.1, 0.15) is 39.3 Å². The van der Waals surface area contributed by atoms with Crippen LogP contribution in [0.2, 0.25) is 0 Å². The average molecular weight is 264 g/mol. The fourth-order valence-electron chi connectivity index (χ4n) is 2.80. The molecule has 1 fully saturated rings. The summed E-state index contributed by atoms with van der Waals surface area (Å²) >= 11 is 0. The van der Waals surface area contributed by atoms with Gasteiger partial charge in [-0.2, -0.15) is 0 Å². The highest BCUT2D eigenvalue weighted by atomic mass is 19.1. The van der Waals surface area contributed by atoms with Crippen LogP contribution < -0.4 is 10.2 Å². The lowest BCUT2D eigenvalue weighted by atomic mass is 10.0. The van der Waals surface area contributed by atoms with E-state index in [1.165, 1.54) is 0 Å². The lowest BCUT2D eigenvalue weighted by Crippen LogP contribution is -2.22. The minimum atomic E-state index is -0.0939. The number of nitrogens with one attached hydrogen (secondary N) is 1. The summed E-state index contributed by atoms with van der Waals surface area (Å²) in [4.78, 5) is 2.17. The van der Waals surface area contributed by atoms with Crippen molar-refractivity contribution in [3.05, 3.63) is 29.6 Å². The zero-order chi connectivity index (χ0) is 14.0. The van der Waals surface area contributed by atoms with E-state index in [1.807, 2.05) is 12.1 Å². The Kier molecular flexibility index (Phi) is 4.46. The van der Waals surface area contributed by atoms with E-state index in [9.17, 15) is 4.39 Å². The maximum Gasteiger partial charge on any atom is 0.146 e. The average Bonchev–Trinajstić information content (AvgIpc) is 2.69. The minimum Gasteiger partial charge on any atom is -0.369 e. The van der Waals surface area contributed by atoms with Gasteiger partial charge in [0.2, 0.25) is 0 Å². The molecule has 0 amide bonds. The lowest BCUT2D eigenvalue weighted by Gasteiger charge is -2.21. The van der Waals surface area contributed by atoms with Crippen LogP contribution >= 0.6 is 0 Å². The largest absolute Gasteiger partial charge is 0.369 e. The van der Waals surface area contributed by atoms with Crippen LogP contribution in [0.4, 0.5) is 10.1 Å². The van der Waals surface area contributed by atoms with E-state index in [0.717, 1.165) is 30.9 Å². The summed E-state index contributed by atoms with van der Waals surface area (Å²) in [5.74, 6) is 1.18. The van der Waals surface area contributed by atoms with Gasteiger partial charge >= 0.3 is 0 Å². The molecule has 1 heterocycles. The van der Waals surface area contributed by atoms with Gasteiger partial charge in [-0.15, -0.1) is 0 Å². The molecule has 3 unspecified atom stereocenters. The van der Waals surface area contributed by atoms with Crippen molar-refractivity contribution >= 4 is 5.69 Å². The molecule has 0 spiro atoms. The van der Waals surface area contributed by atoms with Crippen LogP contribution in [-0.2, 0) is 0 Å². The van der Waals surface area contributed by atoms with Crippen molar-refractivity contribution in [1.82, 2.24) is 5.32 Å². The van der Waals surface area contributed by atoms with Crippen LogP contribution in [0.5, 0.6) is 0 Å². The Morgan fingerprint density at radius 1 is 1.32 bits per heavy atom. The molecular weight excluding hydrogens is 239 g/mol. The third-order valence-corrected chi connectivity index (χ3v) is 4.31. The third kappa shape index (κ3) is 3.08. The minimum absolute atomic E-state index is 0.0939. The van der Waals surface area contributed by atoms with Crippen molar-refractivity contribution in [2.75, 3.05) is 24.5 Å². The van der Waals surface area contributed by atoms with Crippen molar-refractivity contribution in [3.8, 4) is 0 Å². The number of anilines is 1. The van der Waals surface area contributed by atoms with E-state index in [-0.39, 0.29) is 11.9 Å². The molecule has 2 rings (SSSR count). The lowest BCUT2D eigenvalue weighted by molar-refractivity contribution is 0.494. The van der Waals surface area contributed by atoms with Gasteiger partial charge in [-0.05, 0) is 43.0 Å². The van der Waals surface area contributed by atoms with E-state index in [1.54, 1.807) is 6.07 Å². The van der Waals surface area contributed by atoms with E-state index in [0.29, 0.717) is 11.8 Å². The Morgan fingerprint density at radius 2 is 1.95 bits per heavy atom. The smallest absolute Gasteiger partial charge is 0.146 e. The molecule has 0 saturated carbocycles. The monoisotopic (exact) mass is 264 g/mol. The van der Waals surface area contributed by atoms with Crippen molar-refractivity contribution in [2.24, 2.45) is 11.8 Å². The highest BCUT2D eigenvalue weighted by Crippen LogP contribution is 2.30. The molecular formula is C16H25FN2. The first kappa shape index (κ1) is 14.3. The Balaban J connectivity index is 2.16. The molecule has 1 aromatic carbocycles. The molecule has 0 radical (unpaired) electrons. The quantitative estimate of drug-likeness (QED) is 0.894. The number of halogens is 1.